The average Bonchev–Trinajstić information content (AvgIpc) is 3.16. The summed E-state index contributed by atoms with van der Waals surface area (Å²) in [5, 5.41) is 3.82. The van der Waals surface area contributed by atoms with Gasteiger partial charge in [0.2, 0.25) is 0 Å². The van der Waals surface area contributed by atoms with E-state index < -0.39 is 17.6 Å². The van der Waals surface area contributed by atoms with Gasteiger partial charge < -0.3 is 10.3 Å². The van der Waals surface area contributed by atoms with Gasteiger partial charge in [0, 0.05) is 40.3 Å². The lowest BCUT2D eigenvalue weighted by Gasteiger charge is -2.10. The second-order valence-corrected chi connectivity index (χ2v) is 7.03. The van der Waals surface area contributed by atoms with Crippen molar-refractivity contribution in [2.75, 3.05) is 5.32 Å². The van der Waals surface area contributed by atoms with Gasteiger partial charge in [0.1, 0.15) is 5.65 Å². The number of rotatable bonds is 5. The first-order valence-electron chi connectivity index (χ1n) is 8.93. The molecular weight excluding hydrogens is 417 g/mol. The Labute approximate surface area is 175 Å². The van der Waals surface area contributed by atoms with Crippen LogP contribution >= 0.6 is 11.6 Å². The number of carbonyl (C=O) groups excluding carboxylic acids is 1. The zero-order valence-corrected chi connectivity index (χ0v) is 16.9. The number of aliphatic imine (C=N–C) groups is 1. The van der Waals surface area contributed by atoms with Gasteiger partial charge in [0.25, 0.3) is 5.91 Å². The van der Waals surface area contributed by atoms with Crippen LogP contribution in [0.5, 0.6) is 0 Å². The number of aromatic nitrogens is 2. The molecule has 3 aromatic rings. The number of aromatic amines is 1. The Balaban J connectivity index is 1.69. The van der Waals surface area contributed by atoms with Gasteiger partial charge in [0.05, 0.1) is 17.1 Å². The van der Waals surface area contributed by atoms with Crippen LogP contribution in [0.15, 0.2) is 59.4 Å². The van der Waals surface area contributed by atoms with Gasteiger partial charge in [-0.3, -0.25) is 9.79 Å². The lowest BCUT2D eigenvalue weighted by Crippen LogP contribution is -2.14. The molecule has 0 bridgehead atoms. The van der Waals surface area contributed by atoms with Crippen molar-refractivity contribution < 1.29 is 18.0 Å². The molecule has 0 aliphatic carbocycles. The van der Waals surface area contributed by atoms with Crippen LogP contribution in [0.2, 0.25) is 5.02 Å². The molecule has 5 nitrogen and oxygen atoms in total. The molecule has 0 saturated carbocycles. The van der Waals surface area contributed by atoms with Gasteiger partial charge in [-0.15, -0.1) is 0 Å². The summed E-state index contributed by atoms with van der Waals surface area (Å²) >= 11 is 6.37. The van der Waals surface area contributed by atoms with Crippen LogP contribution in [0.3, 0.4) is 0 Å². The van der Waals surface area contributed by atoms with Crippen LogP contribution in [0.25, 0.3) is 11.0 Å². The van der Waals surface area contributed by atoms with E-state index in [1.165, 1.54) is 12.1 Å². The number of amides is 1. The molecule has 3 rings (SSSR count). The topological polar surface area (TPSA) is 70.1 Å². The van der Waals surface area contributed by atoms with Crippen LogP contribution in [0.4, 0.5) is 18.9 Å². The molecular formula is C21H18ClF3N4O. The van der Waals surface area contributed by atoms with Crippen molar-refractivity contribution >= 4 is 39.9 Å². The molecule has 0 unspecified atom stereocenters. The maximum Gasteiger partial charge on any atom is 0.416 e. The fourth-order valence-electron chi connectivity index (χ4n) is 2.76. The van der Waals surface area contributed by atoms with Crippen LogP contribution in [0.1, 0.15) is 25.0 Å². The van der Waals surface area contributed by atoms with Crippen molar-refractivity contribution in [3.8, 4) is 0 Å². The summed E-state index contributed by atoms with van der Waals surface area (Å²) in [6.45, 7) is 3.55. The molecule has 0 saturated heterocycles. The number of fused-ring (bicyclic) bond motifs is 1. The Hall–Kier alpha value is -3.13. The summed E-state index contributed by atoms with van der Waals surface area (Å²) in [5.74, 6) is -0.516. The predicted molar refractivity (Wildman–Crippen MR) is 112 cm³/mol. The Kier molecular flexibility index (Phi) is 6.26. The third kappa shape index (κ3) is 5.07. The number of pyridine rings is 1. The van der Waals surface area contributed by atoms with Crippen molar-refractivity contribution in [2.45, 2.75) is 26.6 Å². The minimum Gasteiger partial charge on any atom is -0.346 e. The van der Waals surface area contributed by atoms with E-state index in [1.54, 1.807) is 32.3 Å². The number of H-pyrrole nitrogens is 1. The quantitative estimate of drug-likeness (QED) is 0.394. The molecule has 1 amide bonds. The predicted octanol–water partition coefficient (Wildman–Crippen LogP) is 5.78. The second-order valence-electron chi connectivity index (χ2n) is 6.66. The van der Waals surface area contributed by atoms with Crippen molar-refractivity contribution in [1.29, 1.82) is 0 Å². The number of nitrogens with one attached hydrogen (secondary N) is 2. The lowest BCUT2D eigenvalue weighted by molar-refractivity contribution is -0.137. The summed E-state index contributed by atoms with van der Waals surface area (Å²) in [5.41, 5.74) is 1.53. The summed E-state index contributed by atoms with van der Waals surface area (Å²) in [6, 6.07) is 6.29. The van der Waals surface area contributed by atoms with Crippen molar-refractivity contribution in [3.63, 3.8) is 0 Å². The molecule has 9 heteroatoms. The normalized spacial score (nSPS) is 13.0. The van der Waals surface area contributed by atoms with Crippen LogP contribution in [-0.2, 0) is 17.5 Å². The molecule has 30 heavy (non-hydrogen) atoms. The van der Waals surface area contributed by atoms with Crippen LogP contribution in [0, 0.1) is 0 Å². The van der Waals surface area contributed by atoms with E-state index in [9.17, 15) is 18.0 Å². The summed E-state index contributed by atoms with van der Waals surface area (Å²) in [7, 11) is 0. The number of benzene rings is 1. The van der Waals surface area contributed by atoms with E-state index in [-0.39, 0.29) is 12.2 Å². The first-order chi connectivity index (χ1) is 14.1. The number of alkyl halides is 3. The molecule has 0 fully saturated rings. The highest BCUT2D eigenvalue weighted by Crippen LogP contribution is 2.30. The van der Waals surface area contributed by atoms with E-state index in [0.717, 1.165) is 23.1 Å². The number of anilines is 1. The molecule has 0 atom stereocenters. The van der Waals surface area contributed by atoms with E-state index in [1.807, 2.05) is 6.07 Å². The number of nitrogens with zero attached hydrogens (tertiary/aromatic N) is 2. The van der Waals surface area contributed by atoms with Crippen molar-refractivity contribution in [2.24, 2.45) is 4.99 Å². The minimum absolute atomic E-state index is 0.0647. The zero-order valence-electron chi connectivity index (χ0n) is 16.1. The smallest absolute Gasteiger partial charge is 0.346 e. The molecule has 1 aromatic carbocycles. The van der Waals surface area contributed by atoms with Crippen LogP contribution in [-0.4, -0.2) is 21.6 Å². The van der Waals surface area contributed by atoms with Crippen LogP contribution < -0.4 is 5.32 Å². The third-order valence-corrected chi connectivity index (χ3v) is 4.77. The van der Waals surface area contributed by atoms with Crippen molar-refractivity contribution in [1.82, 2.24) is 9.97 Å². The Bertz CT molecular complexity index is 1150. The summed E-state index contributed by atoms with van der Waals surface area (Å²) in [4.78, 5) is 23.9. The largest absolute Gasteiger partial charge is 0.416 e. The first-order valence-corrected chi connectivity index (χ1v) is 9.31. The maximum atomic E-state index is 12.8. The highest BCUT2D eigenvalue weighted by Gasteiger charge is 2.30. The third-order valence-electron chi connectivity index (χ3n) is 4.32. The van der Waals surface area contributed by atoms with Gasteiger partial charge in [-0.05, 0) is 44.2 Å². The fourth-order valence-corrected chi connectivity index (χ4v) is 3.03. The number of halogens is 4. The van der Waals surface area contributed by atoms with Gasteiger partial charge in [-0.1, -0.05) is 17.7 Å². The first kappa shape index (κ1) is 21.6. The summed E-state index contributed by atoms with van der Waals surface area (Å²) < 4.78 is 38.4. The molecule has 0 spiro atoms. The van der Waals surface area contributed by atoms with E-state index in [0.29, 0.717) is 22.0 Å². The van der Waals surface area contributed by atoms with Gasteiger partial charge in [-0.2, -0.15) is 13.2 Å². The maximum absolute atomic E-state index is 12.8. The Morgan fingerprint density at radius 3 is 2.80 bits per heavy atom. The Morgan fingerprint density at radius 2 is 2.07 bits per heavy atom. The molecule has 2 N–H and O–H groups in total. The molecule has 2 heterocycles. The van der Waals surface area contributed by atoms with Gasteiger partial charge in [0.15, 0.2) is 0 Å². The number of hydrogen-bond donors (Lipinski definition) is 2. The lowest BCUT2D eigenvalue weighted by atomic mass is 10.1. The molecule has 0 aliphatic heterocycles. The highest BCUT2D eigenvalue weighted by atomic mass is 35.5. The average molecular weight is 435 g/mol. The van der Waals surface area contributed by atoms with E-state index in [4.69, 9.17) is 11.6 Å². The van der Waals surface area contributed by atoms with Gasteiger partial charge >= 0.3 is 6.18 Å². The summed E-state index contributed by atoms with van der Waals surface area (Å²) in [6.07, 6.45) is 0.458. The van der Waals surface area contributed by atoms with E-state index >= 15 is 0 Å². The Morgan fingerprint density at radius 1 is 1.30 bits per heavy atom. The molecule has 0 aliphatic rings. The monoisotopic (exact) mass is 434 g/mol. The standard InChI is InChI=1S/C21H18ClF3N4O/c1-12(20(30)29-16-5-3-4-15(9-16)21(23,24)25)8-13(2)27-10-14-11-28-19-17(18(14)22)6-7-26-19/h3-9,11H,10H2,1-2H3,(H,26,28)(H,29,30)/b12-8+,27-13?. The number of hydrogen-bond acceptors (Lipinski definition) is 3. The zero-order chi connectivity index (χ0) is 21.9. The van der Waals surface area contributed by atoms with Gasteiger partial charge in [-0.25, -0.2) is 4.98 Å². The fraction of sp³-hybridized carbons (Fsp3) is 0.190. The van der Waals surface area contributed by atoms with Crippen molar-refractivity contribution in [3.05, 3.63) is 70.5 Å². The number of allylic oxidation sites excluding steroid dienone is 1. The molecule has 2 aromatic heterocycles. The SMILES string of the molecule is CC(/C=C(\C)C(=O)Nc1cccc(C(F)(F)F)c1)=NCc1cnc2[nH]ccc2c1Cl. The number of carbonyl (C=O) groups is 1. The second kappa shape index (κ2) is 8.71. The molecule has 156 valence electrons. The highest BCUT2D eigenvalue weighted by molar-refractivity contribution is 6.36. The molecule has 0 radical (unpaired) electrons. The van der Waals surface area contributed by atoms with E-state index in [2.05, 4.69) is 20.3 Å². The minimum atomic E-state index is -4.48.